The molecule has 0 aliphatic carbocycles. The largest absolute Gasteiger partial charge is 0.320 e. The van der Waals surface area contributed by atoms with Crippen LogP contribution in [0.3, 0.4) is 0 Å². The van der Waals surface area contributed by atoms with E-state index in [1.807, 2.05) is 5.23 Å². The molecule has 0 saturated carbocycles. The van der Waals surface area contributed by atoms with Gasteiger partial charge in [0.2, 0.25) is 8.32 Å². The minimum Gasteiger partial charge on any atom is -0.320 e. The highest BCUT2D eigenvalue weighted by molar-refractivity contribution is 6.74. The van der Waals surface area contributed by atoms with Gasteiger partial charge in [0.15, 0.2) is 0 Å². The summed E-state index contributed by atoms with van der Waals surface area (Å²) in [6.45, 7) is 21.9. The first kappa shape index (κ1) is 21.4. The van der Waals surface area contributed by atoms with E-state index in [4.69, 9.17) is 9.36 Å². The van der Waals surface area contributed by atoms with Crippen molar-refractivity contribution in [2.75, 3.05) is 0 Å². The van der Waals surface area contributed by atoms with Crippen molar-refractivity contribution >= 4 is 8.32 Å². The first-order chi connectivity index (χ1) is 11.8. The topological polar surface area (TPSA) is 21.7 Å². The molecular formula is C22H37NO2Si. The summed E-state index contributed by atoms with van der Waals surface area (Å²) in [5.74, 6) is 0.349. The molecular weight excluding hydrogens is 338 g/mol. The molecule has 2 atom stereocenters. The van der Waals surface area contributed by atoms with Gasteiger partial charge in [-0.1, -0.05) is 61.9 Å². The zero-order valence-electron chi connectivity index (χ0n) is 17.9. The van der Waals surface area contributed by atoms with Crippen LogP contribution < -0.4 is 0 Å². The summed E-state index contributed by atoms with van der Waals surface area (Å²) in [5, 5.41) is 1.97. The summed E-state index contributed by atoms with van der Waals surface area (Å²) >= 11 is 0. The van der Waals surface area contributed by atoms with E-state index in [1.165, 1.54) is 5.56 Å². The minimum absolute atomic E-state index is 0.119. The second-order valence-electron chi connectivity index (χ2n) is 9.94. The summed E-state index contributed by atoms with van der Waals surface area (Å²) in [6, 6.07) is 10.9. The summed E-state index contributed by atoms with van der Waals surface area (Å²) in [4.78, 5) is 6.37. The molecule has 1 aromatic carbocycles. The van der Waals surface area contributed by atoms with Crippen LogP contribution in [0.5, 0.6) is 0 Å². The van der Waals surface area contributed by atoms with Crippen molar-refractivity contribution in [2.45, 2.75) is 90.1 Å². The van der Waals surface area contributed by atoms with Gasteiger partial charge in [0.05, 0.1) is 11.6 Å². The fourth-order valence-corrected chi connectivity index (χ4v) is 4.12. The maximum Gasteiger partial charge on any atom is 0.223 e. The molecule has 0 radical (unpaired) electrons. The molecule has 1 fully saturated rings. The Balaban J connectivity index is 2.41. The third kappa shape index (κ3) is 5.07. The summed E-state index contributed by atoms with van der Waals surface area (Å²) in [6.07, 6.45) is 1.83. The zero-order chi connectivity index (χ0) is 19.8. The van der Waals surface area contributed by atoms with Crippen LogP contribution >= 0.6 is 0 Å². The predicted octanol–water partition coefficient (Wildman–Crippen LogP) is 6.46. The molecule has 0 amide bonds. The molecule has 1 aromatic rings. The monoisotopic (exact) mass is 375 g/mol. The molecule has 1 aliphatic rings. The van der Waals surface area contributed by atoms with E-state index in [-0.39, 0.29) is 16.7 Å². The Morgan fingerprint density at radius 1 is 1.27 bits per heavy atom. The van der Waals surface area contributed by atoms with Gasteiger partial charge in [-0.2, -0.15) is 0 Å². The Bertz CT molecular complexity index is 619. The third-order valence-corrected chi connectivity index (χ3v) is 9.94. The van der Waals surface area contributed by atoms with Gasteiger partial charge in [-0.25, -0.2) is 0 Å². The maximum atomic E-state index is 6.65. The van der Waals surface area contributed by atoms with Crippen LogP contribution in [-0.4, -0.2) is 25.2 Å². The molecule has 26 heavy (non-hydrogen) atoms. The normalized spacial score (nSPS) is 24.5. The second-order valence-corrected chi connectivity index (χ2v) is 14.6. The van der Waals surface area contributed by atoms with Crippen molar-refractivity contribution in [1.29, 1.82) is 0 Å². The molecule has 0 unspecified atom stereocenters. The molecule has 4 heteroatoms. The van der Waals surface area contributed by atoms with Gasteiger partial charge in [-0.15, -0.1) is 6.58 Å². The van der Waals surface area contributed by atoms with E-state index in [1.54, 1.807) is 0 Å². The van der Waals surface area contributed by atoms with Crippen LogP contribution in [0.15, 0.2) is 42.5 Å². The average molecular weight is 376 g/mol. The number of nitrogens with zero attached hydrogens (tertiary/aromatic N) is 1. The molecule has 1 aliphatic heterocycles. The Labute approximate surface area is 161 Å². The van der Waals surface area contributed by atoms with Crippen LogP contribution in [0.2, 0.25) is 18.1 Å². The molecule has 3 nitrogen and oxygen atoms in total. The Morgan fingerprint density at radius 2 is 1.85 bits per heavy atom. The van der Waals surface area contributed by atoms with Gasteiger partial charge in [-0.05, 0) is 57.3 Å². The van der Waals surface area contributed by atoms with Crippen LogP contribution in [-0.2, 0) is 9.36 Å². The Hall–Kier alpha value is -0.943. The molecule has 0 bridgehead atoms. The lowest BCUT2D eigenvalue weighted by molar-refractivity contribution is -0.410. The highest BCUT2D eigenvalue weighted by Crippen LogP contribution is 2.44. The van der Waals surface area contributed by atoms with E-state index >= 15 is 0 Å². The van der Waals surface area contributed by atoms with Crippen LogP contribution in [0, 0.1) is 0 Å². The first-order valence-electron chi connectivity index (χ1n) is 9.69. The molecule has 1 heterocycles. The van der Waals surface area contributed by atoms with Crippen LogP contribution in [0.25, 0.3) is 0 Å². The summed E-state index contributed by atoms with van der Waals surface area (Å²) in [5.41, 5.74) is 2.23. The van der Waals surface area contributed by atoms with E-state index in [2.05, 4.69) is 91.5 Å². The second kappa shape index (κ2) is 7.59. The van der Waals surface area contributed by atoms with Crippen LogP contribution in [0.1, 0.15) is 65.9 Å². The highest BCUT2D eigenvalue weighted by atomic mass is 28.4. The Morgan fingerprint density at radius 3 is 2.35 bits per heavy atom. The molecule has 2 rings (SSSR count). The van der Waals surface area contributed by atoms with E-state index in [0.29, 0.717) is 5.92 Å². The van der Waals surface area contributed by atoms with Gasteiger partial charge < -0.3 is 4.53 Å². The highest BCUT2D eigenvalue weighted by Gasteiger charge is 2.47. The Kier molecular flexibility index (Phi) is 6.23. The van der Waals surface area contributed by atoms with Crippen molar-refractivity contribution in [3.8, 4) is 0 Å². The van der Waals surface area contributed by atoms with Crippen molar-refractivity contribution in [3.05, 3.63) is 48.0 Å². The van der Waals surface area contributed by atoms with E-state index in [0.717, 1.165) is 18.4 Å². The number of hydrogen-bond donors (Lipinski definition) is 0. The fraction of sp³-hybridized carbons (Fsp3) is 0.636. The maximum absolute atomic E-state index is 6.65. The van der Waals surface area contributed by atoms with Crippen molar-refractivity contribution < 1.29 is 9.36 Å². The SMILES string of the molecule is C=C(C)C[C@@H]1[C@H](c2ccccc2)CC(C)(C)ON1O[Si](C)(C)C(C)(C)C. The number of rotatable bonds is 5. The van der Waals surface area contributed by atoms with Gasteiger partial charge in [-0.3, -0.25) is 4.84 Å². The average Bonchev–Trinajstić information content (AvgIpc) is 2.48. The summed E-state index contributed by atoms with van der Waals surface area (Å²) < 4.78 is 6.65. The van der Waals surface area contributed by atoms with Gasteiger partial charge in [0, 0.05) is 5.92 Å². The standard InChI is InChI=1S/C22H37NO2Si/c1-17(2)15-20-19(18-13-11-10-12-14-18)16-22(6,7)24-23(20)25-26(8,9)21(3,4)5/h10-14,19-20H,1,15-16H2,2-9H3/t19-,20+/m0/s1. The van der Waals surface area contributed by atoms with E-state index in [9.17, 15) is 0 Å². The predicted molar refractivity (Wildman–Crippen MR) is 112 cm³/mol. The lowest BCUT2D eigenvalue weighted by Crippen LogP contribution is -2.57. The van der Waals surface area contributed by atoms with Crippen LogP contribution in [0.4, 0.5) is 0 Å². The van der Waals surface area contributed by atoms with Gasteiger partial charge >= 0.3 is 0 Å². The molecule has 0 N–H and O–H groups in total. The lowest BCUT2D eigenvalue weighted by Gasteiger charge is -2.50. The first-order valence-corrected chi connectivity index (χ1v) is 12.6. The molecule has 146 valence electrons. The fourth-order valence-electron chi connectivity index (χ4n) is 3.22. The molecule has 0 spiro atoms. The lowest BCUT2D eigenvalue weighted by atomic mass is 9.79. The van der Waals surface area contributed by atoms with E-state index < -0.39 is 8.32 Å². The number of hydroxylamine groups is 2. The minimum atomic E-state index is -2.01. The summed E-state index contributed by atoms with van der Waals surface area (Å²) in [7, 11) is -2.01. The van der Waals surface area contributed by atoms with Crippen molar-refractivity contribution in [1.82, 2.24) is 5.23 Å². The van der Waals surface area contributed by atoms with Gasteiger partial charge in [0.1, 0.15) is 0 Å². The molecule has 1 saturated heterocycles. The zero-order valence-corrected chi connectivity index (χ0v) is 18.9. The van der Waals surface area contributed by atoms with Gasteiger partial charge in [0.25, 0.3) is 0 Å². The number of hydrogen-bond acceptors (Lipinski definition) is 3. The number of benzene rings is 1. The smallest absolute Gasteiger partial charge is 0.223 e. The quantitative estimate of drug-likeness (QED) is 0.435. The third-order valence-electron chi connectivity index (χ3n) is 5.69. The molecule has 0 aromatic heterocycles. The van der Waals surface area contributed by atoms with Crippen molar-refractivity contribution in [3.63, 3.8) is 0 Å². The van der Waals surface area contributed by atoms with Crippen molar-refractivity contribution in [2.24, 2.45) is 0 Å².